The number of carboxylic acid groups (broad SMARTS) is 1. The van der Waals surface area contributed by atoms with Crippen LogP contribution in [-0.2, 0) is 11.8 Å². The summed E-state index contributed by atoms with van der Waals surface area (Å²) in [4.78, 5) is 22.7. The molecule has 0 atom stereocenters. The van der Waals surface area contributed by atoms with Crippen molar-refractivity contribution in [2.75, 3.05) is 0 Å². The van der Waals surface area contributed by atoms with E-state index in [1.807, 2.05) is 20.9 Å². The number of nitrogens with zero attached hydrogens (tertiary/aromatic N) is 2. The van der Waals surface area contributed by atoms with Crippen LogP contribution in [0.2, 0.25) is 0 Å². The summed E-state index contributed by atoms with van der Waals surface area (Å²) in [7, 11) is 1.82. The standard InChI is InChI=1S/C13H19N3O3/c1-7(2)11-6-10(15-16(11)3)12(17)14-9-4-8(5-9)13(18)19/h6-9H,4-5H2,1-3H3,(H,14,17)(H,18,19). The lowest BCUT2D eigenvalue weighted by atomic mass is 9.80. The van der Waals surface area contributed by atoms with E-state index >= 15 is 0 Å². The van der Waals surface area contributed by atoms with Crippen molar-refractivity contribution >= 4 is 11.9 Å². The minimum atomic E-state index is -0.787. The maximum absolute atomic E-state index is 12.0. The number of amides is 1. The summed E-state index contributed by atoms with van der Waals surface area (Å²) in [6.45, 7) is 4.09. The van der Waals surface area contributed by atoms with Gasteiger partial charge in [0.25, 0.3) is 5.91 Å². The summed E-state index contributed by atoms with van der Waals surface area (Å²) in [5, 5.41) is 15.8. The Hall–Kier alpha value is -1.85. The number of rotatable bonds is 4. The van der Waals surface area contributed by atoms with Crippen LogP contribution in [0, 0.1) is 5.92 Å². The number of aromatic nitrogens is 2. The molecule has 1 amide bonds. The third-order valence-electron chi connectivity index (χ3n) is 3.56. The Labute approximate surface area is 111 Å². The van der Waals surface area contributed by atoms with Crippen molar-refractivity contribution in [2.45, 2.75) is 38.6 Å². The van der Waals surface area contributed by atoms with Crippen LogP contribution in [0.3, 0.4) is 0 Å². The average Bonchev–Trinajstić information content (AvgIpc) is 2.64. The number of nitrogens with one attached hydrogen (secondary N) is 1. The lowest BCUT2D eigenvalue weighted by Crippen LogP contribution is -2.46. The van der Waals surface area contributed by atoms with Crippen LogP contribution in [0.15, 0.2) is 6.07 Å². The fraction of sp³-hybridized carbons (Fsp3) is 0.615. The van der Waals surface area contributed by atoms with Crippen LogP contribution < -0.4 is 5.32 Å². The molecule has 104 valence electrons. The summed E-state index contributed by atoms with van der Waals surface area (Å²) in [6, 6.07) is 1.74. The zero-order valence-electron chi connectivity index (χ0n) is 11.4. The second kappa shape index (κ2) is 5.03. The number of hydrogen-bond donors (Lipinski definition) is 2. The molecule has 6 nitrogen and oxygen atoms in total. The Bertz CT molecular complexity index is 501. The first-order chi connectivity index (χ1) is 8.88. The highest BCUT2D eigenvalue weighted by Crippen LogP contribution is 2.27. The lowest BCUT2D eigenvalue weighted by molar-refractivity contribution is -0.145. The largest absolute Gasteiger partial charge is 0.481 e. The van der Waals surface area contributed by atoms with Gasteiger partial charge in [-0.3, -0.25) is 14.3 Å². The lowest BCUT2D eigenvalue weighted by Gasteiger charge is -2.32. The number of aryl methyl sites for hydroxylation is 1. The molecule has 1 aliphatic rings. The van der Waals surface area contributed by atoms with E-state index in [0.29, 0.717) is 24.5 Å². The molecule has 19 heavy (non-hydrogen) atoms. The van der Waals surface area contributed by atoms with Crippen LogP contribution in [0.5, 0.6) is 0 Å². The Balaban J connectivity index is 1.94. The average molecular weight is 265 g/mol. The van der Waals surface area contributed by atoms with E-state index in [2.05, 4.69) is 10.4 Å². The molecule has 1 fully saturated rings. The zero-order chi connectivity index (χ0) is 14.2. The van der Waals surface area contributed by atoms with Crippen LogP contribution in [0.25, 0.3) is 0 Å². The van der Waals surface area contributed by atoms with Gasteiger partial charge in [-0.15, -0.1) is 0 Å². The first kappa shape index (κ1) is 13.6. The number of carbonyl (C=O) groups is 2. The highest BCUT2D eigenvalue weighted by molar-refractivity contribution is 5.92. The second-order valence-electron chi connectivity index (χ2n) is 5.41. The van der Waals surface area contributed by atoms with Gasteiger partial charge in [-0.1, -0.05) is 13.8 Å². The van der Waals surface area contributed by atoms with Crippen molar-refractivity contribution in [2.24, 2.45) is 13.0 Å². The fourth-order valence-electron chi connectivity index (χ4n) is 2.33. The summed E-state index contributed by atoms with van der Waals surface area (Å²) in [5.41, 5.74) is 1.40. The summed E-state index contributed by atoms with van der Waals surface area (Å²) in [5.74, 6) is -1.03. The van der Waals surface area contributed by atoms with Crippen molar-refractivity contribution in [3.8, 4) is 0 Å². The van der Waals surface area contributed by atoms with Crippen molar-refractivity contribution in [3.63, 3.8) is 0 Å². The Kier molecular flexibility index (Phi) is 3.59. The predicted octanol–water partition coefficient (Wildman–Crippen LogP) is 1.14. The van der Waals surface area contributed by atoms with Gasteiger partial charge in [0, 0.05) is 18.8 Å². The highest BCUT2D eigenvalue weighted by Gasteiger charge is 2.35. The number of carboxylic acids is 1. The Morgan fingerprint density at radius 3 is 2.58 bits per heavy atom. The van der Waals surface area contributed by atoms with Gasteiger partial charge in [-0.25, -0.2) is 0 Å². The molecular weight excluding hydrogens is 246 g/mol. The van der Waals surface area contributed by atoms with Gasteiger partial charge in [-0.2, -0.15) is 5.10 Å². The monoisotopic (exact) mass is 265 g/mol. The molecule has 0 spiro atoms. The SMILES string of the molecule is CC(C)c1cc(C(=O)NC2CC(C(=O)O)C2)nn1C. The minimum Gasteiger partial charge on any atom is -0.481 e. The van der Waals surface area contributed by atoms with E-state index in [4.69, 9.17) is 5.11 Å². The maximum atomic E-state index is 12.0. The van der Waals surface area contributed by atoms with E-state index in [-0.39, 0.29) is 17.9 Å². The molecule has 0 aliphatic heterocycles. The van der Waals surface area contributed by atoms with Gasteiger partial charge in [0.05, 0.1) is 5.92 Å². The Morgan fingerprint density at radius 2 is 2.11 bits per heavy atom. The van der Waals surface area contributed by atoms with Crippen LogP contribution >= 0.6 is 0 Å². The van der Waals surface area contributed by atoms with Crippen molar-refractivity contribution in [1.82, 2.24) is 15.1 Å². The van der Waals surface area contributed by atoms with Crippen molar-refractivity contribution < 1.29 is 14.7 Å². The van der Waals surface area contributed by atoms with Gasteiger partial charge in [-0.05, 0) is 24.8 Å². The first-order valence-corrected chi connectivity index (χ1v) is 6.46. The Morgan fingerprint density at radius 1 is 1.47 bits per heavy atom. The molecule has 6 heteroatoms. The minimum absolute atomic E-state index is 0.0434. The summed E-state index contributed by atoms with van der Waals surface area (Å²) >= 11 is 0. The molecule has 2 N–H and O–H groups in total. The normalized spacial score (nSPS) is 22.1. The predicted molar refractivity (Wildman–Crippen MR) is 68.9 cm³/mol. The second-order valence-corrected chi connectivity index (χ2v) is 5.41. The van der Waals surface area contributed by atoms with E-state index < -0.39 is 5.97 Å². The van der Waals surface area contributed by atoms with E-state index in [1.54, 1.807) is 10.7 Å². The molecule has 1 aromatic rings. The van der Waals surface area contributed by atoms with E-state index in [0.717, 1.165) is 5.69 Å². The van der Waals surface area contributed by atoms with Gasteiger partial charge < -0.3 is 10.4 Å². The smallest absolute Gasteiger partial charge is 0.306 e. The van der Waals surface area contributed by atoms with E-state index in [1.165, 1.54) is 0 Å². The molecule has 0 unspecified atom stereocenters. The van der Waals surface area contributed by atoms with Gasteiger partial charge >= 0.3 is 5.97 Å². The molecule has 1 saturated carbocycles. The summed E-state index contributed by atoms with van der Waals surface area (Å²) in [6.07, 6.45) is 1.01. The van der Waals surface area contributed by atoms with Crippen LogP contribution in [0.1, 0.15) is 48.8 Å². The van der Waals surface area contributed by atoms with Gasteiger partial charge in [0.2, 0.25) is 0 Å². The zero-order valence-corrected chi connectivity index (χ0v) is 11.4. The van der Waals surface area contributed by atoms with Crippen molar-refractivity contribution in [1.29, 1.82) is 0 Å². The third-order valence-corrected chi connectivity index (χ3v) is 3.56. The molecule has 1 heterocycles. The topological polar surface area (TPSA) is 84.2 Å². The summed E-state index contributed by atoms with van der Waals surface area (Å²) < 4.78 is 1.71. The maximum Gasteiger partial charge on any atom is 0.306 e. The van der Waals surface area contributed by atoms with Crippen LogP contribution in [-0.4, -0.2) is 32.8 Å². The number of hydrogen-bond acceptors (Lipinski definition) is 3. The third kappa shape index (κ3) is 2.77. The molecule has 0 radical (unpaired) electrons. The molecule has 0 saturated heterocycles. The van der Waals surface area contributed by atoms with Gasteiger partial charge in [0.15, 0.2) is 0 Å². The molecular formula is C13H19N3O3. The van der Waals surface area contributed by atoms with Gasteiger partial charge in [0.1, 0.15) is 5.69 Å². The van der Waals surface area contributed by atoms with E-state index in [9.17, 15) is 9.59 Å². The molecule has 0 aromatic carbocycles. The molecule has 2 rings (SSSR count). The van der Waals surface area contributed by atoms with Crippen molar-refractivity contribution in [3.05, 3.63) is 17.5 Å². The highest BCUT2D eigenvalue weighted by atomic mass is 16.4. The first-order valence-electron chi connectivity index (χ1n) is 6.46. The molecule has 1 aliphatic carbocycles. The number of carbonyl (C=O) groups excluding carboxylic acids is 1. The quantitative estimate of drug-likeness (QED) is 0.855. The number of aliphatic carboxylic acids is 1. The molecule has 1 aromatic heterocycles. The fourth-order valence-corrected chi connectivity index (χ4v) is 2.33. The molecule has 0 bridgehead atoms. The van der Waals surface area contributed by atoms with Crippen LogP contribution in [0.4, 0.5) is 0 Å².